The molecule has 0 aliphatic carbocycles. The van der Waals surface area contributed by atoms with E-state index in [9.17, 15) is 0 Å². The summed E-state index contributed by atoms with van der Waals surface area (Å²) in [5.41, 5.74) is 3.31. The summed E-state index contributed by atoms with van der Waals surface area (Å²) in [6, 6.07) is 12.1. The van der Waals surface area contributed by atoms with Crippen LogP contribution in [0.5, 0.6) is 5.75 Å². The molecule has 0 spiro atoms. The molecule has 0 aliphatic rings. The molecule has 0 radical (unpaired) electrons. The van der Waals surface area contributed by atoms with Gasteiger partial charge in [-0.05, 0) is 49.2 Å². The first-order valence-corrected chi connectivity index (χ1v) is 10.9. The highest BCUT2D eigenvalue weighted by Crippen LogP contribution is 2.20. The van der Waals surface area contributed by atoms with Gasteiger partial charge >= 0.3 is 0 Å². The Hall–Kier alpha value is -2.66. The summed E-state index contributed by atoms with van der Waals surface area (Å²) in [5.74, 6) is 2.41. The number of hydrogen-bond donors (Lipinski definition) is 2. The third-order valence-electron chi connectivity index (χ3n) is 4.73. The van der Waals surface area contributed by atoms with Gasteiger partial charge < -0.3 is 20.1 Å². The quantitative estimate of drug-likeness (QED) is 0.159. The number of guanidine groups is 1. The standard InChI is InChI=1S/C24H32N6O2.HI/c1-4-25-24(27-17-20-9-11-26-23(16-20)30-12-5-10-29-30)28-18-21-8-7-19(2)15-22(21)32-14-6-13-31-3;/h5,7-12,15-16H,4,6,13-14,17-18H2,1-3H3,(H2,25,27,28);1H. The summed E-state index contributed by atoms with van der Waals surface area (Å²) < 4.78 is 12.8. The van der Waals surface area contributed by atoms with Crippen LogP contribution in [0.15, 0.2) is 60.0 Å². The topological polar surface area (TPSA) is 85.6 Å². The number of nitrogens with zero attached hydrogens (tertiary/aromatic N) is 4. The van der Waals surface area contributed by atoms with E-state index in [1.165, 1.54) is 5.56 Å². The molecule has 0 unspecified atom stereocenters. The van der Waals surface area contributed by atoms with Crippen LogP contribution in [-0.4, -0.2) is 47.6 Å². The second-order valence-electron chi connectivity index (χ2n) is 7.33. The number of halogens is 1. The van der Waals surface area contributed by atoms with Crippen molar-refractivity contribution in [2.75, 3.05) is 26.9 Å². The van der Waals surface area contributed by atoms with Crippen LogP contribution in [0.4, 0.5) is 0 Å². The number of ether oxygens (including phenoxy) is 2. The predicted molar refractivity (Wildman–Crippen MR) is 142 cm³/mol. The molecule has 33 heavy (non-hydrogen) atoms. The molecule has 0 atom stereocenters. The van der Waals surface area contributed by atoms with Crippen LogP contribution in [-0.2, 0) is 17.8 Å². The van der Waals surface area contributed by atoms with Gasteiger partial charge in [0.15, 0.2) is 11.8 Å². The Labute approximate surface area is 212 Å². The van der Waals surface area contributed by atoms with Crippen molar-refractivity contribution in [2.24, 2.45) is 4.99 Å². The van der Waals surface area contributed by atoms with Gasteiger partial charge in [-0.3, -0.25) is 0 Å². The molecule has 2 aromatic heterocycles. The molecule has 2 heterocycles. The summed E-state index contributed by atoms with van der Waals surface area (Å²) in [5, 5.41) is 11.0. The molecule has 9 heteroatoms. The summed E-state index contributed by atoms with van der Waals surface area (Å²) in [6.07, 6.45) is 6.24. The lowest BCUT2D eigenvalue weighted by Gasteiger charge is -2.15. The van der Waals surface area contributed by atoms with Gasteiger partial charge in [0.05, 0.1) is 13.2 Å². The van der Waals surface area contributed by atoms with Gasteiger partial charge in [0.25, 0.3) is 0 Å². The normalized spacial score (nSPS) is 11.1. The maximum Gasteiger partial charge on any atom is 0.191 e. The summed E-state index contributed by atoms with van der Waals surface area (Å²) in [6.45, 7) is 7.34. The summed E-state index contributed by atoms with van der Waals surface area (Å²) in [4.78, 5) is 9.11. The SMILES string of the molecule is CCNC(=NCc1ccnc(-n2cccn2)c1)NCc1ccc(C)cc1OCCCOC.I. The van der Waals surface area contributed by atoms with E-state index in [2.05, 4.69) is 52.8 Å². The third kappa shape index (κ3) is 8.65. The van der Waals surface area contributed by atoms with E-state index in [0.717, 1.165) is 41.6 Å². The fraction of sp³-hybridized carbons (Fsp3) is 0.375. The predicted octanol–water partition coefficient (Wildman–Crippen LogP) is 3.86. The zero-order chi connectivity index (χ0) is 22.6. The van der Waals surface area contributed by atoms with Crippen molar-refractivity contribution in [1.82, 2.24) is 25.4 Å². The lowest BCUT2D eigenvalue weighted by atomic mass is 10.1. The molecule has 0 amide bonds. The molecule has 178 valence electrons. The monoisotopic (exact) mass is 564 g/mol. The fourth-order valence-electron chi connectivity index (χ4n) is 3.11. The molecule has 0 bridgehead atoms. The highest BCUT2D eigenvalue weighted by molar-refractivity contribution is 14.0. The lowest BCUT2D eigenvalue weighted by molar-refractivity contribution is 0.171. The van der Waals surface area contributed by atoms with Crippen molar-refractivity contribution in [2.45, 2.75) is 33.4 Å². The molecule has 0 saturated carbocycles. The van der Waals surface area contributed by atoms with E-state index in [-0.39, 0.29) is 24.0 Å². The Bertz CT molecular complexity index is 994. The van der Waals surface area contributed by atoms with Crippen LogP contribution in [0.25, 0.3) is 5.82 Å². The average Bonchev–Trinajstić information content (AvgIpc) is 3.35. The molecular weight excluding hydrogens is 531 g/mol. The Morgan fingerprint density at radius 3 is 2.76 bits per heavy atom. The molecular formula is C24H33IN6O2. The number of aryl methyl sites for hydroxylation is 1. The molecule has 8 nitrogen and oxygen atoms in total. The van der Waals surface area contributed by atoms with E-state index >= 15 is 0 Å². The van der Waals surface area contributed by atoms with Crippen molar-refractivity contribution in [3.8, 4) is 11.6 Å². The maximum atomic E-state index is 5.99. The molecule has 0 aliphatic heterocycles. The van der Waals surface area contributed by atoms with Gasteiger partial charge in [-0.1, -0.05) is 12.1 Å². The fourth-order valence-corrected chi connectivity index (χ4v) is 3.11. The van der Waals surface area contributed by atoms with E-state index in [0.29, 0.717) is 26.3 Å². The van der Waals surface area contributed by atoms with Crippen LogP contribution >= 0.6 is 24.0 Å². The van der Waals surface area contributed by atoms with Gasteiger partial charge in [-0.25, -0.2) is 14.7 Å². The number of pyridine rings is 1. The van der Waals surface area contributed by atoms with Crippen LogP contribution in [0, 0.1) is 6.92 Å². The number of methoxy groups -OCH3 is 1. The van der Waals surface area contributed by atoms with E-state index in [1.807, 2.05) is 24.4 Å². The minimum atomic E-state index is 0. The van der Waals surface area contributed by atoms with Crippen LogP contribution in [0.1, 0.15) is 30.0 Å². The van der Waals surface area contributed by atoms with E-state index in [1.54, 1.807) is 24.2 Å². The van der Waals surface area contributed by atoms with Gasteiger partial charge in [-0.15, -0.1) is 24.0 Å². The summed E-state index contributed by atoms with van der Waals surface area (Å²) in [7, 11) is 1.70. The zero-order valence-corrected chi connectivity index (χ0v) is 21.8. The van der Waals surface area contributed by atoms with Crippen molar-refractivity contribution < 1.29 is 9.47 Å². The van der Waals surface area contributed by atoms with Gasteiger partial charge in [0.1, 0.15) is 5.75 Å². The highest BCUT2D eigenvalue weighted by atomic mass is 127. The maximum absolute atomic E-state index is 5.99. The van der Waals surface area contributed by atoms with E-state index < -0.39 is 0 Å². The minimum Gasteiger partial charge on any atom is -0.493 e. The molecule has 0 saturated heterocycles. The first kappa shape index (κ1) is 26.6. The van der Waals surface area contributed by atoms with Crippen LogP contribution in [0.3, 0.4) is 0 Å². The van der Waals surface area contributed by atoms with Crippen molar-refractivity contribution in [3.63, 3.8) is 0 Å². The van der Waals surface area contributed by atoms with Crippen molar-refractivity contribution in [1.29, 1.82) is 0 Å². The number of aromatic nitrogens is 3. The van der Waals surface area contributed by atoms with Crippen LogP contribution < -0.4 is 15.4 Å². The largest absolute Gasteiger partial charge is 0.493 e. The average molecular weight is 564 g/mol. The lowest BCUT2D eigenvalue weighted by Crippen LogP contribution is -2.36. The first-order valence-electron chi connectivity index (χ1n) is 10.9. The van der Waals surface area contributed by atoms with Crippen molar-refractivity contribution >= 4 is 29.9 Å². The second-order valence-corrected chi connectivity index (χ2v) is 7.33. The number of rotatable bonds is 11. The number of aliphatic imine (C=N–C) groups is 1. The smallest absolute Gasteiger partial charge is 0.191 e. The molecule has 3 rings (SSSR count). The molecule has 1 aromatic carbocycles. The Morgan fingerprint density at radius 1 is 1.12 bits per heavy atom. The Kier molecular flexibility index (Phi) is 11.7. The minimum absolute atomic E-state index is 0. The number of benzene rings is 1. The Balaban J connectivity index is 0.00000385. The second kappa shape index (κ2) is 14.5. The third-order valence-corrected chi connectivity index (χ3v) is 4.73. The van der Waals surface area contributed by atoms with Crippen molar-refractivity contribution in [3.05, 3.63) is 71.7 Å². The molecule has 3 aromatic rings. The molecule has 2 N–H and O–H groups in total. The van der Waals surface area contributed by atoms with E-state index in [4.69, 9.17) is 14.5 Å². The van der Waals surface area contributed by atoms with Gasteiger partial charge in [0.2, 0.25) is 0 Å². The summed E-state index contributed by atoms with van der Waals surface area (Å²) >= 11 is 0. The molecule has 0 fully saturated rings. The Morgan fingerprint density at radius 2 is 2.00 bits per heavy atom. The highest BCUT2D eigenvalue weighted by Gasteiger charge is 2.07. The number of hydrogen-bond acceptors (Lipinski definition) is 5. The zero-order valence-electron chi connectivity index (χ0n) is 19.5. The van der Waals surface area contributed by atoms with Gasteiger partial charge in [-0.2, -0.15) is 5.10 Å². The first-order chi connectivity index (χ1) is 15.7. The van der Waals surface area contributed by atoms with Gasteiger partial charge in [0, 0.05) is 57.4 Å². The van der Waals surface area contributed by atoms with Crippen LogP contribution in [0.2, 0.25) is 0 Å². The number of nitrogens with one attached hydrogen (secondary N) is 2.